The lowest BCUT2D eigenvalue weighted by atomic mass is 10.0. The van der Waals surface area contributed by atoms with Gasteiger partial charge in [-0.15, -0.1) is 0 Å². The SMILES string of the molecule is CC(=O)N[C@H](Cc1ccc(OP(=O)(O)O)cc1)C(=O)N[C@@H](C)C(=O)N(CCCCC(=O)O)CCCc1ccccc1. The first kappa shape index (κ1) is 33.5. The number of carboxylic acid groups (broad SMARTS) is 1. The fraction of sp³-hybridized carbons (Fsp3) is 0.429. The molecule has 0 unspecified atom stereocenters. The zero-order chi connectivity index (χ0) is 30.4. The van der Waals surface area contributed by atoms with E-state index in [1.807, 2.05) is 30.3 Å². The summed E-state index contributed by atoms with van der Waals surface area (Å²) in [6, 6.07) is 13.6. The molecule has 0 spiro atoms. The summed E-state index contributed by atoms with van der Waals surface area (Å²) in [5.41, 5.74) is 1.71. The minimum absolute atomic E-state index is 0.00312. The van der Waals surface area contributed by atoms with Crippen LogP contribution in [0.4, 0.5) is 0 Å². The first-order chi connectivity index (χ1) is 19.3. The molecule has 0 aliphatic rings. The molecule has 0 saturated heterocycles. The quantitative estimate of drug-likeness (QED) is 0.136. The summed E-state index contributed by atoms with van der Waals surface area (Å²) < 4.78 is 15.5. The smallest absolute Gasteiger partial charge is 0.481 e. The monoisotopic (exact) mass is 591 g/mol. The number of amides is 3. The highest BCUT2D eigenvalue weighted by Crippen LogP contribution is 2.37. The Kier molecular flexibility index (Phi) is 13.5. The van der Waals surface area contributed by atoms with Gasteiger partial charge in [0.15, 0.2) is 0 Å². The van der Waals surface area contributed by atoms with Crippen molar-refractivity contribution < 1.29 is 43.2 Å². The predicted octanol–water partition coefficient (Wildman–Crippen LogP) is 2.43. The topological polar surface area (TPSA) is 183 Å². The summed E-state index contributed by atoms with van der Waals surface area (Å²) in [4.78, 5) is 68.7. The largest absolute Gasteiger partial charge is 0.524 e. The Labute approximate surface area is 239 Å². The summed E-state index contributed by atoms with van der Waals surface area (Å²) in [6.45, 7) is 3.59. The molecule has 0 fully saturated rings. The van der Waals surface area contributed by atoms with Crippen molar-refractivity contribution in [1.29, 1.82) is 0 Å². The second-order valence-corrected chi connectivity index (χ2v) is 10.8. The summed E-state index contributed by atoms with van der Waals surface area (Å²) in [7, 11) is -4.72. The molecule has 13 heteroatoms. The van der Waals surface area contributed by atoms with Crippen LogP contribution >= 0.6 is 7.82 Å². The third-order valence-corrected chi connectivity index (χ3v) is 6.58. The number of carbonyl (C=O) groups excluding carboxylic acids is 3. The highest BCUT2D eigenvalue weighted by molar-refractivity contribution is 7.46. The van der Waals surface area contributed by atoms with E-state index in [1.54, 1.807) is 11.8 Å². The van der Waals surface area contributed by atoms with Gasteiger partial charge in [0, 0.05) is 32.9 Å². The van der Waals surface area contributed by atoms with E-state index >= 15 is 0 Å². The Hall–Kier alpha value is -3.73. The van der Waals surface area contributed by atoms with Crippen LogP contribution in [0.3, 0.4) is 0 Å². The maximum Gasteiger partial charge on any atom is 0.524 e. The molecule has 224 valence electrons. The van der Waals surface area contributed by atoms with Gasteiger partial charge < -0.3 is 25.2 Å². The Morgan fingerprint density at radius 1 is 0.902 bits per heavy atom. The first-order valence-electron chi connectivity index (χ1n) is 13.3. The lowest BCUT2D eigenvalue weighted by Crippen LogP contribution is -2.54. The normalized spacial score (nSPS) is 12.6. The van der Waals surface area contributed by atoms with Crippen LogP contribution in [0.5, 0.6) is 5.75 Å². The standard InChI is InChI=1S/C28H38N3O9P/c1-20(28(36)31(17-7-6-12-26(33)34)18-8-11-22-9-4-3-5-10-22)29-27(35)25(30-21(2)32)19-23-13-15-24(16-14-23)40-41(37,38)39/h3-5,9-10,13-16,20,25H,6-8,11-12,17-19H2,1-2H3,(H,29,35)(H,30,32)(H,33,34)(H2,37,38,39)/t20-,25+/m0/s1. The number of carboxylic acids is 1. The van der Waals surface area contributed by atoms with E-state index in [0.29, 0.717) is 37.9 Å². The minimum atomic E-state index is -4.72. The highest BCUT2D eigenvalue weighted by atomic mass is 31.2. The molecule has 0 heterocycles. The van der Waals surface area contributed by atoms with E-state index in [2.05, 4.69) is 15.2 Å². The van der Waals surface area contributed by atoms with Gasteiger partial charge in [0.25, 0.3) is 0 Å². The van der Waals surface area contributed by atoms with Crippen molar-refractivity contribution in [3.05, 3.63) is 65.7 Å². The number of nitrogens with zero attached hydrogens (tertiary/aromatic N) is 1. The number of hydrogen-bond acceptors (Lipinski definition) is 6. The molecule has 0 bridgehead atoms. The molecule has 5 N–H and O–H groups in total. The number of aryl methyl sites for hydroxylation is 1. The summed E-state index contributed by atoms with van der Waals surface area (Å²) in [6.07, 6.45) is 2.41. The van der Waals surface area contributed by atoms with Crippen LogP contribution in [0.2, 0.25) is 0 Å². The highest BCUT2D eigenvalue weighted by Gasteiger charge is 2.27. The molecule has 0 aromatic heterocycles. The molecule has 12 nitrogen and oxygen atoms in total. The van der Waals surface area contributed by atoms with Crippen LogP contribution in [0.1, 0.15) is 50.7 Å². The van der Waals surface area contributed by atoms with Crippen molar-refractivity contribution in [2.75, 3.05) is 13.1 Å². The summed E-state index contributed by atoms with van der Waals surface area (Å²) >= 11 is 0. The van der Waals surface area contributed by atoms with Crippen LogP contribution in [-0.4, -0.2) is 68.7 Å². The van der Waals surface area contributed by atoms with Gasteiger partial charge in [-0.05, 0) is 55.9 Å². The lowest BCUT2D eigenvalue weighted by molar-refractivity contribution is -0.137. The number of hydrogen-bond donors (Lipinski definition) is 5. The predicted molar refractivity (Wildman–Crippen MR) is 151 cm³/mol. The maximum atomic E-state index is 13.3. The van der Waals surface area contributed by atoms with E-state index in [0.717, 1.165) is 12.0 Å². The number of phosphoric acid groups is 1. The van der Waals surface area contributed by atoms with Crippen LogP contribution < -0.4 is 15.2 Å². The number of phosphoric ester groups is 1. The van der Waals surface area contributed by atoms with Crippen LogP contribution in [0.15, 0.2) is 54.6 Å². The molecule has 0 aliphatic heterocycles. The van der Waals surface area contributed by atoms with Crippen LogP contribution in [0, 0.1) is 0 Å². The fourth-order valence-corrected chi connectivity index (χ4v) is 4.59. The second kappa shape index (κ2) is 16.5. The van der Waals surface area contributed by atoms with Gasteiger partial charge in [-0.3, -0.25) is 29.0 Å². The van der Waals surface area contributed by atoms with Crippen LogP contribution in [0.25, 0.3) is 0 Å². The Morgan fingerprint density at radius 3 is 2.12 bits per heavy atom. The lowest BCUT2D eigenvalue weighted by Gasteiger charge is -2.27. The minimum Gasteiger partial charge on any atom is -0.481 e. The average molecular weight is 592 g/mol. The van der Waals surface area contributed by atoms with E-state index in [1.165, 1.54) is 31.2 Å². The molecule has 3 amide bonds. The summed E-state index contributed by atoms with van der Waals surface area (Å²) in [5.74, 6) is -2.31. The molecule has 41 heavy (non-hydrogen) atoms. The van der Waals surface area contributed by atoms with E-state index in [4.69, 9.17) is 14.9 Å². The molecule has 0 radical (unpaired) electrons. The van der Waals surface area contributed by atoms with Crippen molar-refractivity contribution >= 4 is 31.5 Å². The summed E-state index contributed by atoms with van der Waals surface area (Å²) in [5, 5.41) is 14.2. The van der Waals surface area contributed by atoms with Gasteiger partial charge in [-0.2, -0.15) is 0 Å². The number of unbranched alkanes of at least 4 members (excludes halogenated alkanes) is 1. The van der Waals surface area contributed by atoms with Gasteiger partial charge >= 0.3 is 13.8 Å². The van der Waals surface area contributed by atoms with Crippen molar-refractivity contribution in [2.45, 2.75) is 64.5 Å². The Balaban J connectivity index is 2.05. The van der Waals surface area contributed by atoms with Gasteiger partial charge in [0.05, 0.1) is 0 Å². The molecule has 0 saturated carbocycles. The van der Waals surface area contributed by atoms with Crippen molar-refractivity contribution in [3.8, 4) is 5.75 Å². The van der Waals surface area contributed by atoms with Gasteiger partial charge in [0.2, 0.25) is 17.7 Å². The van der Waals surface area contributed by atoms with Crippen molar-refractivity contribution in [3.63, 3.8) is 0 Å². The molecule has 0 aliphatic carbocycles. The maximum absolute atomic E-state index is 13.3. The molecule has 2 aromatic carbocycles. The van der Waals surface area contributed by atoms with Crippen molar-refractivity contribution in [1.82, 2.24) is 15.5 Å². The zero-order valence-electron chi connectivity index (χ0n) is 23.2. The third-order valence-electron chi connectivity index (χ3n) is 6.13. The van der Waals surface area contributed by atoms with Crippen LogP contribution in [-0.2, 0) is 36.6 Å². The zero-order valence-corrected chi connectivity index (χ0v) is 24.1. The Bertz CT molecular complexity index is 1200. The first-order valence-corrected chi connectivity index (χ1v) is 14.8. The van der Waals surface area contributed by atoms with Crippen molar-refractivity contribution in [2.24, 2.45) is 0 Å². The number of benzene rings is 2. The number of carbonyl (C=O) groups is 4. The third kappa shape index (κ3) is 13.5. The molecule has 2 rings (SSSR count). The number of aliphatic carboxylic acids is 1. The number of rotatable bonds is 17. The fourth-order valence-electron chi connectivity index (χ4n) is 4.19. The van der Waals surface area contributed by atoms with E-state index in [9.17, 15) is 23.7 Å². The second-order valence-electron chi connectivity index (χ2n) is 9.68. The molecular formula is C28H38N3O9P. The van der Waals surface area contributed by atoms with Gasteiger partial charge in [-0.25, -0.2) is 4.57 Å². The van der Waals surface area contributed by atoms with E-state index in [-0.39, 0.29) is 24.5 Å². The molecular weight excluding hydrogens is 553 g/mol. The van der Waals surface area contributed by atoms with Gasteiger partial charge in [0.1, 0.15) is 17.8 Å². The molecule has 2 aromatic rings. The Morgan fingerprint density at radius 2 is 1.54 bits per heavy atom. The number of nitrogens with one attached hydrogen (secondary N) is 2. The average Bonchev–Trinajstić information content (AvgIpc) is 2.89. The van der Waals surface area contributed by atoms with Gasteiger partial charge in [-0.1, -0.05) is 42.5 Å². The van der Waals surface area contributed by atoms with E-state index < -0.39 is 37.7 Å². The molecule has 2 atom stereocenters.